The van der Waals surface area contributed by atoms with E-state index < -0.39 is 0 Å². The molecule has 0 bridgehead atoms. The molecule has 0 aromatic heterocycles. The highest BCUT2D eigenvalue weighted by atomic mass is 17.5. The van der Waals surface area contributed by atoms with E-state index in [0.29, 0.717) is 25.0 Å². The van der Waals surface area contributed by atoms with Crippen molar-refractivity contribution in [3.8, 4) is 0 Å². The Kier molecular flexibility index (Phi) is 19.9. The smallest absolute Gasteiger partial charge is 0.0934 e. The molecule has 0 aliphatic rings. The molecule has 0 aromatic carbocycles. The van der Waals surface area contributed by atoms with Gasteiger partial charge >= 0.3 is 0 Å². The summed E-state index contributed by atoms with van der Waals surface area (Å²) in [7, 11) is 0. The molecule has 0 N–H and O–H groups in total. The van der Waals surface area contributed by atoms with Crippen LogP contribution in [0.3, 0.4) is 0 Å². The van der Waals surface area contributed by atoms with Gasteiger partial charge in [-0.25, -0.2) is 19.6 Å². The zero-order valence-corrected chi connectivity index (χ0v) is 19.2. The average Bonchev–Trinajstić information content (AvgIpc) is 2.71. The normalized spacial score (nSPS) is 16.1. The highest BCUT2D eigenvalue weighted by Gasteiger charge is 2.12. The second kappa shape index (κ2) is 20.0. The van der Waals surface area contributed by atoms with E-state index in [4.69, 9.17) is 29.6 Å². The highest BCUT2D eigenvalue weighted by Crippen LogP contribution is 2.15. The van der Waals surface area contributed by atoms with E-state index in [2.05, 4.69) is 27.7 Å². The van der Waals surface area contributed by atoms with E-state index in [9.17, 15) is 0 Å². The quantitative estimate of drug-likeness (QED) is 0.120. The van der Waals surface area contributed by atoms with E-state index in [1.807, 2.05) is 13.8 Å². The van der Waals surface area contributed by atoms with Crippen LogP contribution in [0.1, 0.15) is 106 Å². The van der Waals surface area contributed by atoms with Crippen LogP contribution < -0.4 is 0 Å². The highest BCUT2D eigenvalue weighted by molar-refractivity contribution is 4.56. The van der Waals surface area contributed by atoms with Gasteiger partial charge < -0.3 is 0 Å². The van der Waals surface area contributed by atoms with Crippen LogP contribution in [-0.4, -0.2) is 25.4 Å². The molecule has 0 aliphatic heterocycles. The fourth-order valence-corrected chi connectivity index (χ4v) is 2.80. The van der Waals surface area contributed by atoms with Gasteiger partial charge in [-0.2, -0.15) is 0 Å². The summed E-state index contributed by atoms with van der Waals surface area (Å²) in [6.45, 7) is 13.8. The molecule has 0 rings (SSSR count). The van der Waals surface area contributed by atoms with Gasteiger partial charge in [0.15, 0.2) is 0 Å². The molecule has 0 aliphatic carbocycles. The summed E-state index contributed by atoms with van der Waals surface area (Å²) in [5, 5.41) is 9.83. The molecule has 170 valence electrons. The Labute approximate surface area is 173 Å². The van der Waals surface area contributed by atoms with Gasteiger partial charge in [0.05, 0.1) is 25.4 Å². The number of hydrogen-bond donors (Lipinski definition) is 0. The number of unbranched alkanes of at least 4 members (excludes halogenated alkanes) is 2. The summed E-state index contributed by atoms with van der Waals surface area (Å²) in [5.41, 5.74) is 0. The lowest BCUT2D eigenvalue weighted by molar-refractivity contribution is -0.532. The van der Waals surface area contributed by atoms with Gasteiger partial charge in [0, 0.05) is 0 Å². The van der Waals surface area contributed by atoms with Crippen molar-refractivity contribution in [1.29, 1.82) is 0 Å². The molecular formula is C22H46O6. The van der Waals surface area contributed by atoms with Gasteiger partial charge in [0.1, 0.15) is 0 Å². The average molecular weight is 407 g/mol. The Morgan fingerprint density at radius 1 is 0.571 bits per heavy atom. The Balaban J connectivity index is 3.65. The topological polar surface area (TPSA) is 55.4 Å². The summed E-state index contributed by atoms with van der Waals surface area (Å²) in [6.07, 6.45) is 10.8. The molecule has 28 heavy (non-hydrogen) atoms. The van der Waals surface area contributed by atoms with Gasteiger partial charge in [-0.05, 0) is 51.4 Å². The van der Waals surface area contributed by atoms with Crippen LogP contribution >= 0.6 is 0 Å². The van der Waals surface area contributed by atoms with Crippen LogP contribution in [0.25, 0.3) is 0 Å². The minimum Gasteiger partial charge on any atom is -0.206 e. The zero-order chi connectivity index (χ0) is 21.0. The van der Waals surface area contributed by atoms with Gasteiger partial charge in [-0.3, -0.25) is 0 Å². The van der Waals surface area contributed by atoms with Gasteiger partial charge in [-0.1, -0.05) is 76.3 Å². The van der Waals surface area contributed by atoms with Crippen molar-refractivity contribution in [2.75, 3.05) is 13.2 Å². The molecule has 0 saturated heterocycles. The van der Waals surface area contributed by atoms with Crippen LogP contribution in [0.15, 0.2) is 0 Å². The van der Waals surface area contributed by atoms with E-state index in [1.165, 1.54) is 38.5 Å². The van der Waals surface area contributed by atoms with Crippen molar-refractivity contribution in [1.82, 2.24) is 0 Å². The number of rotatable bonds is 21. The van der Waals surface area contributed by atoms with E-state index >= 15 is 0 Å². The maximum Gasteiger partial charge on any atom is 0.0934 e. The van der Waals surface area contributed by atoms with Crippen molar-refractivity contribution in [2.45, 2.75) is 118 Å². The third kappa shape index (κ3) is 16.7. The predicted molar refractivity (Wildman–Crippen MR) is 111 cm³/mol. The van der Waals surface area contributed by atoms with Crippen molar-refractivity contribution < 1.29 is 29.6 Å². The first-order valence-corrected chi connectivity index (χ1v) is 11.5. The van der Waals surface area contributed by atoms with E-state index in [-0.39, 0.29) is 12.2 Å². The molecule has 0 spiro atoms. The Bertz CT molecular complexity index is 285. The molecule has 0 heterocycles. The standard InChI is InChI=1S/C22H46O6/c1-7-11-13-21(9-3)17-23-27-25-19(5)15-16-20(6)26-28-24-18-22(10-4)14-12-8-2/h19-22H,7-18H2,1-6H3. The second-order valence-corrected chi connectivity index (χ2v) is 7.93. The molecule has 6 heteroatoms. The summed E-state index contributed by atoms with van der Waals surface area (Å²) in [4.78, 5) is 20.9. The summed E-state index contributed by atoms with van der Waals surface area (Å²) in [5.74, 6) is 1.05. The summed E-state index contributed by atoms with van der Waals surface area (Å²) < 4.78 is 0. The first kappa shape index (κ1) is 27.8. The van der Waals surface area contributed by atoms with Gasteiger partial charge in [0.2, 0.25) is 0 Å². The molecule has 4 unspecified atom stereocenters. The maximum atomic E-state index is 5.25. The Morgan fingerprint density at radius 2 is 0.964 bits per heavy atom. The largest absolute Gasteiger partial charge is 0.206 e. The molecule has 0 fully saturated rings. The minimum absolute atomic E-state index is 0.0822. The van der Waals surface area contributed by atoms with Gasteiger partial charge in [-0.15, -0.1) is 0 Å². The molecule has 4 atom stereocenters. The van der Waals surface area contributed by atoms with Crippen LogP contribution in [0.5, 0.6) is 0 Å². The first-order valence-electron chi connectivity index (χ1n) is 11.5. The molecule has 0 radical (unpaired) electrons. The molecule has 0 saturated carbocycles. The predicted octanol–water partition coefficient (Wildman–Crippen LogP) is 6.74. The zero-order valence-electron chi connectivity index (χ0n) is 19.2. The lowest BCUT2D eigenvalue weighted by Crippen LogP contribution is -2.17. The van der Waals surface area contributed by atoms with Crippen LogP contribution in [0, 0.1) is 11.8 Å². The SMILES string of the molecule is CCCCC(CC)COOOC(C)CCC(C)OOOCC(CC)CCCC. The first-order chi connectivity index (χ1) is 13.6. The molecule has 0 amide bonds. The van der Waals surface area contributed by atoms with E-state index in [1.54, 1.807) is 0 Å². The monoisotopic (exact) mass is 406 g/mol. The Morgan fingerprint density at radius 3 is 1.29 bits per heavy atom. The van der Waals surface area contributed by atoms with Crippen molar-refractivity contribution in [3.63, 3.8) is 0 Å². The van der Waals surface area contributed by atoms with Crippen LogP contribution in [0.4, 0.5) is 0 Å². The molecular weight excluding hydrogens is 360 g/mol. The number of hydrogen-bond acceptors (Lipinski definition) is 6. The van der Waals surface area contributed by atoms with Crippen molar-refractivity contribution >= 4 is 0 Å². The lowest BCUT2D eigenvalue weighted by atomic mass is 10.0. The van der Waals surface area contributed by atoms with Gasteiger partial charge in [0.25, 0.3) is 0 Å². The second-order valence-electron chi connectivity index (χ2n) is 7.93. The third-order valence-corrected chi connectivity index (χ3v) is 5.18. The fourth-order valence-electron chi connectivity index (χ4n) is 2.80. The molecule has 0 aromatic rings. The maximum absolute atomic E-state index is 5.25. The molecule has 6 nitrogen and oxygen atoms in total. The summed E-state index contributed by atoms with van der Waals surface area (Å²) >= 11 is 0. The van der Waals surface area contributed by atoms with Crippen LogP contribution in [-0.2, 0) is 29.6 Å². The fraction of sp³-hybridized carbons (Fsp3) is 1.00. The summed E-state index contributed by atoms with van der Waals surface area (Å²) in [6, 6.07) is 0. The van der Waals surface area contributed by atoms with Crippen molar-refractivity contribution in [2.24, 2.45) is 11.8 Å². The Hall–Kier alpha value is -0.240. The van der Waals surface area contributed by atoms with Crippen LogP contribution in [0.2, 0.25) is 0 Å². The lowest BCUT2D eigenvalue weighted by Gasteiger charge is -2.17. The third-order valence-electron chi connectivity index (χ3n) is 5.18. The van der Waals surface area contributed by atoms with Crippen molar-refractivity contribution in [3.05, 3.63) is 0 Å². The van der Waals surface area contributed by atoms with E-state index in [0.717, 1.165) is 25.7 Å². The minimum atomic E-state index is -0.0822.